The lowest BCUT2D eigenvalue weighted by molar-refractivity contribution is -0.697. The molecule has 1 amide bonds. The van der Waals surface area contributed by atoms with Crippen molar-refractivity contribution in [1.82, 2.24) is 5.32 Å². The zero-order chi connectivity index (χ0) is 74.5. The molecule has 0 spiro atoms. The zero-order valence-electron chi connectivity index (χ0n) is 62.6. The largest absolute Gasteiger partial charge is 1.00 e. The number of aliphatic carboxylic acids is 1. The number of carboxylic acid groups (broad SMARTS) is 1. The van der Waals surface area contributed by atoms with E-state index >= 15 is 0 Å². The number of unbranched alkanes of at least 4 members (excludes halogenated alkanes) is 2. The number of carboxylic acids is 1. The van der Waals surface area contributed by atoms with E-state index in [1.54, 1.807) is 11.8 Å². The van der Waals surface area contributed by atoms with Crippen LogP contribution in [0.15, 0.2) is 57.8 Å². The van der Waals surface area contributed by atoms with Crippen LogP contribution in [-0.4, -0.2) is 348 Å². The molecule has 2 N–H and O–H groups in total. The third-order valence-corrected chi connectivity index (χ3v) is 15.3. The van der Waals surface area contributed by atoms with E-state index in [1.165, 1.54) is 0 Å². The average Bonchev–Trinajstić information content (AvgIpc) is 1.65. The summed E-state index contributed by atoms with van der Waals surface area (Å²) >= 11 is 1.69. The number of rotatable bonds is 83. The van der Waals surface area contributed by atoms with E-state index in [0.717, 1.165) is 47.0 Å². The van der Waals surface area contributed by atoms with Crippen LogP contribution in [0, 0.1) is 0 Å². The molecule has 2 aromatic rings. The maximum absolute atomic E-state index is 12.3. The van der Waals surface area contributed by atoms with Gasteiger partial charge in [0.15, 0.2) is 12.4 Å². The van der Waals surface area contributed by atoms with Crippen molar-refractivity contribution in [3.8, 4) is 0 Å². The van der Waals surface area contributed by atoms with Gasteiger partial charge in [-0.2, -0.15) is 0 Å². The van der Waals surface area contributed by atoms with Crippen LogP contribution in [0.5, 0.6) is 0 Å². The highest BCUT2D eigenvalue weighted by atomic mass is 35.5. The first kappa shape index (κ1) is 97.9. The fourth-order valence-corrected chi connectivity index (χ4v) is 9.77. The smallest absolute Gasteiger partial charge is 0.305 e. The van der Waals surface area contributed by atoms with Crippen molar-refractivity contribution in [2.24, 2.45) is 5.11 Å². The first-order valence-corrected chi connectivity index (χ1v) is 37.4. The number of ether oxygens (including phenoxy) is 24. The number of hydrogen-bond acceptors (Lipinski definition) is 29. The summed E-state index contributed by atoms with van der Waals surface area (Å²) in [5.74, 6) is -0.842. The molecular weight excluding hydrogens is 1440 g/mol. The average molecular weight is 1560 g/mol. The van der Waals surface area contributed by atoms with Crippen molar-refractivity contribution >= 4 is 41.1 Å². The summed E-state index contributed by atoms with van der Waals surface area (Å²) in [7, 11) is 2.01. The van der Waals surface area contributed by atoms with Crippen molar-refractivity contribution in [3.63, 3.8) is 0 Å². The minimum atomic E-state index is -0.881. The van der Waals surface area contributed by atoms with Crippen molar-refractivity contribution in [2.45, 2.75) is 43.5 Å². The second kappa shape index (κ2) is 77.6. The fourth-order valence-electron chi connectivity index (χ4n) is 8.68. The summed E-state index contributed by atoms with van der Waals surface area (Å²) in [6, 6.07) is 9.92. The van der Waals surface area contributed by atoms with E-state index in [9.17, 15) is 9.59 Å². The van der Waals surface area contributed by atoms with Crippen LogP contribution < -0.4 is 27.2 Å². The summed E-state index contributed by atoms with van der Waals surface area (Å²) < 4.78 is 134. The molecule has 1 aliphatic rings. The number of azide groups is 1. The molecule has 33 nitrogen and oxygen atoms in total. The Bertz CT molecular complexity index is 2370. The van der Waals surface area contributed by atoms with Gasteiger partial charge in [-0.15, -0.1) is 0 Å². The number of thioether (sulfide) groups is 1. The SMILES string of the molecule is CN1C(=Cc2cc[n+](CCCCCC(=O)NCCOCCOCCOCCOCCOCCOCCOCCOCCOCCOCCOCCOCCOCCOCCOCCOCCOCCOCCOCCOCCOCCOCCOCCOCCC(=O)O)cc2)Sc2ccc(N=[N+]=[N-])cc21.[Cl-]. The van der Waals surface area contributed by atoms with E-state index in [1.807, 2.05) is 25.2 Å². The number of nitrogens with one attached hydrogen (secondary N) is 1. The Morgan fingerprint density at radius 1 is 0.415 bits per heavy atom. The summed E-state index contributed by atoms with van der Waals surface area (Å²) in [6.45, 7) is 23.4. The van der Waals surface area contributed by atoms with Gasteiger partial charge < -0.3 is 141 Å². The molecule has 0 bridgehead atoms. The topological polar surface area (TPSA) is 344 Å². The molecule has 0 unspecified atom stereocenters. The predicted octanol–water partition coefficient (Wildman–Crippen LogP) is 2.01. The van der Waals surface area contributed by atoms with Gasteiger partial charge in [0.2, 0.25) is 5.91 Å². The minimum Gasteiger partial charge on any atom is -1.00 e. The number of aryl methyl sites for hydroxylation is 1. The number of carbonyl (C=O) groups excluding carboxylic acids is 1. The number of carbonyl (C=O) groups is 2. The van der Waals surface area contributed by atoms with Gasteiger partial charge in [-0.25, -0.2) is 4.57 Å². The first-order valence-electron chi connectivity index (χ1n) is 36.6. The number of fused-ring (bicyclic) bond motifs is 1. The van der Waals surface area contributed by atoms with Gasteiger partial charge in [0.05, 0.1) is 334 Å². The van der Waals surface area contributed by atoms with E-state index in [4.69, 9.17) is 124 Å². The minimum absolute atomic E-state index is 0. The Labute approximate surface area is 637 Å². The van der Waals surface area contributed by atoms with Gasteiger partial charge in [0.25, 0.3) is 0 Å². The van der Waals surface area contributed by atoms with Crippen LogP contribution in [-0.2, 0) is 130 Å². The number of pyridine rings is 1. The Kier molecular flexibility index (Phi) is 71.6. The maximum Gasteiger partial charge on any atom is 0.305 e. The van der Waals surface area contributed by atoms with Gasteiger partial charge in [-0.3, -0.25) is 9.59 Å². The first-order chi connectivity index (χ1) is 52.0. The van der Waals surface area contributed by atoms with Gasteiger partial charge in [0.1, 0.15) is 6.54 Å². The van der Waals surface area contributed by atoms with Crippen LogP contribution in [0.4, 0.5) is 11.4 Å². The van der Waals surface area contributed by atoms with E-state index in [2.05, 4.69) is 55.4 Å². The molecule has 0 fully saturated rings. The lowest BCUT2D eigenvalue weighted by atomic mass is 10.2. The lowest BCUT2D eigenvalue weighted by Crippen LogP contribution is -3.00. The van der Waals surface area contributed by atoms with E-state index in [0.29, 0.717) is 329 Å². The highest BCUT2D eigenvalue weighted by Crippen LogP contribution is 2.47. The standard InChI is InChI=1S/C71H122N6O27S.ClH/c1-76-67-64-66(74-75-72)6-7-68(67)105-70(76)63-65-8-13-77(14-9-65)12-4-2-3-5-69(78)73-11-16-82-18-20-84-22-24-86-26-28-88-30-32-90-34-36-92-38-40-94-42-44-96-46-48-98-50-52-100-54-56-102-58-60-104-62-61-103-59-57-101-55-53-99-51-49-97-47-45-95-43-41-93-39-37-91-35-33-89-31-29-87-27-25-85-23-21-83-19-17-81-15-10-71(79)80;/h6-9,13-14,63-64H,2-5,10-12,15-62H2,1H3,(H-,73,78,79,80);1H. The number of hydrogen-bond donors (Lipinski definition) is 2. The van der Waals surface area contributed by atoms with Crippen LogP contribution in [0.25, 0.3) is 16.5 Å². The fraction of sp³-hybridized carbons (Fsp3) is 0.789. The number of anilines is 1. The summed E-state index contributed by atoms with van der Waals surface area (Å²) in [6.07, 6.45) is 9.60. The number of benzene rings is 1. The number of amides is 1. The van der Waals surface area contributed by atoms with Crippen molar-refractivity contribution in [2.75, 3.05) is 336 Å². The highest BCUT2D eigenvalue weighted by Gasteiger charge is 2.22. The summed E-state index contributed by atoms with van der Waals surface area (Å²) in [5, 5.41) is 16.3. The molecule has 3 rings (SSSR count). The zero-order valence-corrected chi connectivity index (χ0v) is 64.2. The number of halogens is 1. The van der Waals surface area contributed by atoms with Crippen molar-refractivity contribution < 1.29 is 145 Å². The predicted molar refractivity (Wildman–Crippen MR) is 388 cm³/mol. The summed E-state index contributed by atoms with van der Waals surface area (Å²) in [5.41, 5.74) is 11.5. The summed E-state index contributed by atoms with van der Waals surface area (Å²) in [4.78, 5) is 28.8. The molecule has 0 radical (unpaired) electrons. The van der Waals surface area contributed by atoms with Crippen molar-refractivity contribution in [1.29, 1.82) is 0 Å². The van der Waals surface area contributed by atoms with Crippen LogP contribution in [0.1, 0.15) is 37.7 Å². The third-order valence-electron chi connectivity index (χ3n) is 14.1. The van der Waals surface area contributed by atoms with Gasteiger partial charge >= 0.3 is 5.97 Å². The quantitative estimate of drug-likeness (QED) is 0.0314. The molecule has 1 aliphatic heterocycles. The third kappa shape index (κ3) is 63.6. The monoisotopic (exact) mass is 1560 g/mol. The van der Waals surface area contributed by atoms with Crippen LogP contribution >= 0.6 is 11.8 Å². The molecule has 1 aromatic carbocycles. The Hall–Kier alpha value is -4.16. The molecular formula is C71H123ClN6O27S. The normalized spacial score (nSPS) is 12.3. The van der Waals surface area contributed by atoms with Crippen LogP contribution in [0.2, 0.25) is 0 Å². The van der Waals surface area contributed by atoms with Gasteiger partial charge in [-0.1, -0.05) is 22.9 Å². The highest BCUT2D eigenvalue weighted by molar-refractivity contribution is 8.03. The van der Waals surface area contributed by atoms with E-state index in [-0.39, 0.29) is 31.3 Å². The Morgan fingerprint density at radius 2 is 0.698 bits per heavy atom. The number of nitrogens with zero attached hydrogens (tertiary/aromatic N) is 5. The van der Waals surface area contributed by atoms with Gasteiger partial charge in [0, 0.05) is 54.1 Å². The Morgan fingerprint density at radius 3 is 0.981 bits per heavy atom. The molecule has 35 heteroatoms. The second-order valence-corrected chi connectivity index (χ2v) is 23.4. The lowest BCUT2D eigenvalue weighted by Gasteiger charge is -2.13. The second-order valence-electron chi connectivity index (χ2n) is 22.4. The molecule has 0 aliphatic carbocycles. The number of aromatic nitrogens is 1. The van der Waals surface area contributed by atoms with E-state index < -0.39 is 5.97 Å². The van der Waals surface area contributed by atoms with Gasteiger partial charge in [-0.05, 0) is 42.1 Å². The molecule has 0 saturated heterocycles. The molecule has 1 aromatic heterocycles. The van der Waals surface area contributed by atoms with Crippen molar-refractivity contribution in [3.05, 3.63) is 63.8 Å². The molecule has 0 atom stereocenters. The van der Waals surface area contributed by atoms with Crippen LogP contribution in [0.3, 0.4) is 0 Å². The Balaban J connectivity index is 0.0000382. The molecule has 612 valence electrons. The maximum atomic E-state index is 12.3. The molecule has 2 heterocycles. The molecule has 0 saturated carbocycles. The molecule has 106 heavy (non-hydrogen) atoms.